The minimum absolute atomic E-state index is 0.0588. The third-order valence-corrected chi connectivity index (χ3v) is 7.19. The highest BCUT2D eigenvalue weighted by Crippen LogP contribution is 2.23. The predicted molar refractivity (Wildman–Crippen MR) is 140 cm³/mol. The Hall–Kier alpha value is -1.16. The molecule has 4 nitrogen and oxygen atoms in total. The van der Waals surface area contributed by atoms with Crippen LogP contribution in [-0.2, 0) is 4.79 Å². The lowest BCUT2D eigenvalue weighted by Crippen LogP contribution is -2.62. The number of carbonyl (C=O) groups is 1. The summed E-state index contributed by atoms with van der Waals surface area (Å²) in [6.07, 6.45) is 26.3. The molecule has 0 saturated carbocycles. The number of aliphatic imine (C=N–C) groups is 1. The molecule has 0 spiro atoms. The minimum atomic E-state index is 0.0588. The second-order valence-corrected chi connectivity index (χ2v) is 9.79. The molecular weight excluding hydrogens is 394 g/mol. The number of hydrogen-bond donors (Lipinski definition) is 1. The Balaban J connectivity index is 2.01. The van der Waals surface area contributed by atoms with Crippen LogP contribution in [0, 0.1) is 0 Å². The van der Waals surface area contributed by atoms with Crippen molar-refractivity contribution in [3.63, 3.8) is 0 Å². The Morgan fingerprint density at radius 2 is 1.44 bits per heavy atom. The molecule has 0 bridgehead atoms. The number of rotatable bonds is 20. The molecule has 0 saturated heterocycles. The van der Waals surface area contributed by atoms with Gasteiger partial charge < -0.3 is 5.32 Å². The number of nitrogens with one attached hydrogen (secondary N) is 1. The molecule has 0 aromatic heterocycles. The first kappa shape index (κ1) is 28.9. The SMILES string of the molecule is CCCCCCC/C=C/CCCCCCCCCCC1=NCC[N+]1(CC)C(C)NC(C)=O. The van der Waals surface area contributed by atoms with E-state index in [-0.39, 0.29) is 12.1 Å². The summed E-state index contributed by atoms with van der Waals surface area (Å²) in [6, 6.07) is 0. The number of likely N-dealkylation sites (N-methyl/N-ethyl adjacent to an activating group) is 1. The quantitative estimate of drug-likeness (QED) is 0.117. The molecular formula is C28H54N3O+. The zero-order chi connectivity index (χ0) is 23.5. The summed E-state index contributed by atoms with van der Waals surface area (Å²) in [5.41, 5.74) is 0. The van der Waals surface area contributed by atoms with Crippen molar-refractivity contribution < 1.29 is 9.28 Å². The summed E-state index contributed by atoms with van der Waals surface area (Å²) in [6.45, 7) is 11.2. The average Bonchev–Trinajstić information content (AvgIpc) is 3.19. The van der Waals surface area contributed by atoms with Gasteiger partial charge in [-0.1, -0.05) is 83.3 Å². The topological polar surface area (TPSA) is 41.5 Å². The maximum absolute atomic E-state index is 11.5. The van der Waals surface area contributed by atoms with Crippen molar-refractivity contribution in [3.05, 3.63) is 12.2 Å². The van der Waals surface area contributed by atoms with Crippen molar-refractivity contribution in [2.45, 2.75) is 137 Å². The van der Waals surface area contributed by atoms with Crippen molar-refractivity contribution in [3.8, 4) is 0 Å². The predicted octanol–water partition coefficient (Wildman–Crippen LogP) is 7.54. The summed E-state index contributed by atoms with van der Waals surface area (Å²) < 4.78 is 0.854. The van der Waals surface area contributed by atoms with Gasteiger partial charge in [0, 0.05) is 20.3 Å². The van der Waals surface area contributed by atoms with Crippen molar-refractivity contribution in [1.29, 1.82) is 0 Å². The van der Waals surface area contributed by atoms with Gasteiger partial charge in [-0.25, -0.2) is 4.99 Å². The van der Waals surface area contributed by atoms with Gasteiger partial charge in [0.2, 0.25) is 5.91 Å². The van der Waals surface area contributed by atoms with E-state index in [2.05, 4.69) is 38.2 Å². The van der Waals surface area contributed by atoms with Gasteiger partial charge in [-0.15, -0.1) is 0 Å². The molecule has 32 heavy (non-hydrogen) atoms. The van der Waals surface area contributed by atoms with Crippen LogP contribution in [0.4, 0.5) is 0 Å². The number of amidine groups is 1. The molecule has 1 N–H and O–H groups in total. The lowest BCUT2D eigenvalue weighted by atomic mass is 10.1. The third-order valence-electron chi connectivity index (χ3n) is 7.19. The Bertz CT molecular complexity index is 543. The lowest BCUT2D eigenvalue weighted by Gasteiger charge is -2.39. The summed E-state index contributed by atoms with van der Waals surface area (Å²) >= 11 is 0. The molecule has 186 valence electrons. The zero-order valence-corrected chi connectivity index (χ0v) is 22.0. The van der Waals surface area contributed by atoms with Gasteiger partial charge in [0.25, 0.3) is 0 Å². The lowest BCUT2D eigenvalue weighted by molar-refractivity contribution is -0.861. The van der Waals surface area contributed by atoms with Crippen LogP contribution in [0.2, 0.25) is 0 Å². The van der Waals surface area contributed by atoms with E-state index >= 15 is 0 Å². The van der Waals surface area contributed by atoms with Crippen molar-refractivity contribution in [2.24, 2.45) is 4.99 Å². The van der Waals surface area contributed by atoms with E-state index in [1.54, 1.807) is 6.92 Å². The van der Waals surface area contributed by atoms with Crippen LogP contribution in [0.5, 0.6) is 0 Å². The molecule has 2 unspecified atom stereocenters. The van der Waals surface area contributed by atoms with Crippen LogP contribution in [0.25, 0.3) is 0 Å². The average molecular weight is 449 g/mol. The van der Waals surface area contributed by atoms with Crippen molar-refractivity contribution in [1.82, 2.24) is 5.32 Å². The first-order chi connectivity index (χ1) is 15.6. The van der Waals surface area contributed by atoms with Crippen LogP contribution < -0.4 is 5.32 Å². The van der Waals surface area contributed by atoms with Crippen molar-refractivity contribution >= 4 is 11.7 Å². The normalized spacial score (nSPS) is 19.4. The van der Waals surface area contributed by atoms with E-state index in [1.165, 1.54) is 102 Å². The van der Waals surface area contributed by atoms with Crippen LogP contribution in [0.3, 0.4) is 0 Å². The molecule has 1 aliphatic heterocycles. The van der Waals surface area contributed by atoms with Gasteiger partial charge in [0.05, 0.1) is 13.1 Å². The summed E-state index contributed by atoms with van der Waals surface area (Å²) in [5, 5.41) is 3.11. The maximum Gasteiger partial charge on any atom is 0.221 e. The molecule has 4 heteroatoms. The van der Waals surface area contributed by atoms with Crippen LogP contribution >= 0.6 is 0 Å². The first-order valence-corrected chi connectivity index (χ1v) is 13.9. The van der Waals surface area contributed by atoms with Crippen LogP contribution in [0.1, 0.15) is 130 Å². The summed E-state index contributed by atoms with van der Waals surface area (Å²) in [5.74, 6) is 1.37. The van der Waals surface area contributed by atoms with Gasteiger partial charge >= 0.3 is 0 Å². The van der Waals surface area contributed by atoms with E-state index in [0.717, 1.165) is 30.5 Å². The number of carbonyl (C=O) groups excluding carboxylic acids is 1. The Morgan fingerprint density at radius 1 is 0.906 bits per heavy atom. The molecule has 0 fully saturated rings. The van der Waals surface area contributed by atoms with E-state index < -0.39 is 0 Å². The monoisotopic (exact) mass is 448 g/mol. The van der Waals surface area contributed by atoms with Crippen molar-refractivity contribution in [2.75, 3.05) is 19.6 Å². The molecule has 1 aliphatic rings. The minimum Gasteiger partial charge on any atom is -0.307 e. The van der Waals surface area contributed by atoms with E-state index in [9.17, 15) is 4.79 Å². The maximum atomic E-state index is 11.5. The first-order valence-electron chi connectivity index (χ1n) is 13.9. The highest BCUT2D eigenvalue weighted by atomic mass is 16.1. The number of unbranched alkanes of at least 4 members (excludes halogenated alkanes) is 13. The second-order valence-electron chi connectivity index (χ2n) is 9.79. The molecule has 0 aromatic carbocycles. The molecule has 1 amide bonds. The highest BCUT2D eigenvalue weighted by Gasteiger charge is 2.41. The van der Waals surface area contributed by atoms with Gasteiger partial charge in [-0.05, 0) is 39.0 Å². The molecule has 1 rings (SSSR count). The summed E-state index contributed by atoms with van der Waals surface area (Å²) in [4.78, 5) is 16.4. The fourth-order valence-electron chi connectivity index (χ4n) is 5.09. The molecule has 0 aromatic rings. The Kier molecular flexibility index (Phi) is 16.5. The summed E-state index contributed by atoms with van der Waals surface area (Å²) in [7, 11) is 0. The Labute approximate surface area is 199 Å². The zero-order valence-electron chi connectivity index (χ0n) is 22.0. The molecule has 2 atom stereocenters. The standard InChI is InChI=1S/C28H53N3O/c1-5-7-8-9-10-11-12-13-14-15-16-17-18-19-20-21-22-23-28-29-24-25-31(28,6-2)26(3)30-27(4)32/h12-13,26H,5-11,14-25H2,1-4H3/p+1/b13-12+. The van der Waals surface area contributed by atoms with Gasteiger partial charge in [0.15, 0.2) is 12.0 Å². The number of allylic oxidation sites excluding steroid dienone is 2. The fraction of sp³-hybridized carbons (Fsp3) is 0.857. The highest BCUT2D eigenvalue weighted by molar-refractivity contribution is 5.78. The van der Waals surface area contributed by atoms with Crippen LogP contribution in [-0.4, -0.2) is 42.0 Å². The number of hydrogen-bond acceptors (Lipinski definition) is 2. The van der Waals surface area contributed by atoms with E-state index in [4.69, 9.17) is 4.99 Å². The van der Waals surface area contributed by atoms with Crippen LogP contribution in [0.15, 0.2) is 17.1 Å². The molecule has 1 heterocycles. The smallest absolute Gasteiger partial charge is 0.221 e. The number of quaternary nitrogens is 1. The Morgan fingerprint density at radius 3 is 1.97 bits per heavy atom. The fourth-order valence-corrected chi connectivity index (χ4v) is 5.09. The number of amides is 1. The van der Waals surface area contributed by atoms with Gasteiger partial charge in [-0.2, -0.15) is 0 Å². The van der Waals surface area contributed by atoms with E-state index in [1.807, 2.05) is 0 Å². The van der Waals surface area contributed by atoms with E-state index in [0.29, 0.717) is 0 Å². The molecule has 0 radical (unpaired) electrons. The largest absolute Gasteiger partial charge is 0.307 e. The third kappa shape index (κ3) is 11.6. The second kappa shape index (κ2) is 18.3. The number of nitrogens with zero attached hydrogens (tertiary/aromatic N) is 2. The van der Waals surface area contributed by atoms with Gasteiger partial charge in [0.1, 0.15) is 6.54 Å². The van der Waals surface area contributed by atoms with Gasteiger partial charge in [-0.3, -0.25) is 9.28 Å². The molecule has 0 aliphatic carbocycles.